The molecule has 0 radical (unpaired) electrons. The Morgan fingerprint density at radius 1 is 1.47 bits per heavy atom. The summed E-state index contributed by atoms with van der Waals surface area (Å²) in [7, 11) is 0. The Bertz CT molecular complexity index is 357. The fraction of sp³-hybridized carbons (Fsp3) is 0.333. The van der Waals surface area contributed by atoms with E-state index in [0.717, 1.165) is 5.56 Å². The summed E-state index contributed by atoms with van der Waals surface area (Å²) in [6.45, 7) is 0.336. The number of anilines is 1. The molecule has 0 saturated carbocycles. The average molecular weight is 230 g/mol. The molecule has 5 nitrogen and oxygen atoms in total. The number of nitrogens with one attached hydrogen (secondary N) is 1. The zero-order chi connectivity index (χ0) is 11.3. The Kier molecular flexibility index (Phi) is 4.70. The Morgan fingerprint density at radius 2 is 2.20 bits per heavy atom. The first-order chi connectivity index (χ1) is 7.17. The summed E-state index contributed by atoms with van der Waals surface area (Å²) in [5, 5.41) is 9.01. The highest BCUT2D eigenvalue weighted by Crippen LogP contribution is 2.18. The highest BCUT2D eigenvalue weighted by molar-refractivity contribution is 7.80. The lowest BCUT2D eigenvalue weighted by Crippen LogP contribution is -2.07. The first kappa shape index (κ1) is 12.1. The van der Waals surface area contributed by atoms with E-state index in [1.807, 2.05) is 6.07 Å². The van der Waals surface area contributed by atoms with E-state index in [0.29, 0.717) is 24.2 Å². The van der Waals surface area contributed by atoms with Crippen LogP contribution >= 0.6 is 0 Å². The van der Waals surface area contributed by atoms with Crippen molar-refractivity contribution >= 4 is 17.0 Å². The molecule has 0 amide bonds. The van der Waals surface area contributed by atoms with Gasteiger partial charge in [-0.25, -0.2) is 4.21 Å². The maximum atomic E-state index is 10.6. The second kappa shape index (κ2) is 5.82. The lowest BCUT2D eigenvalue weighted by atomic mass is 10.1. The van der Waals surface area contributed by atoms with Gasteiger partial charge in [-0.05, 0) is 24.6 Å². The third-order valence-corrected chi connectivity index (χ3v) is 2.37. The SMILES string of the molecule is NCCc1ccc(CO)c(NS(=O)O)c1. The summed E-state index contributed by atoms with van der Waals surface area (Å²) in [6, 6.07) is 5.26. The van der Waals surface area contributed by atoms with Crippen LogP contribution < -0.4 is 10.5 Å². The van der Waals surface area contributed by atoms with Crippen LogP contribution in [0.5, 0.6) is 0 Å². The first-order valence-corrected chi connectivity index (χ1v) is 5.58. The molecule has 0 aliphatic rings. The molecule has 84 valence electrons. The average Bonchev–Trinajstić information content (AvgIpc) is 2.18. The third-order valence-electron chi connectivity index (χ3n) is 1.97. The van der Waals surface area contributed by atoms with Gasteiger partial charge in [0.25, 0.3) is 11.3 Å². The Hall–Kier alpha value is -0.950. The van der Waals surface area contributed by atoms with Crippen LogP contribution in [0, 0.1) is 0 Å². The number of nitrogens with two attached hydrogens (primary N) is 1. The predicted octanol–water partition coefficient (Wildman–Crippen LogP) is 0.229. The van der Waals surface area contributed by atoms with E-state index in [9.17, 15) is 4.21 Å². The quantitative estimate of drug-likeness (QED) is 0.544. The van der Waals surface area contributed by atoms with E-state index in [4.69, 9.17) is 15.4 Å². The minimum absolute atomic E-state index is 0.178. The van der Waals surface area contributed by atoms with Crippen LogP contribution in [0.15, 0.2) is 18.2 Å². The smallest absolute Gasteiger partial charge is 0.259 e. The van der Waals surface area contributed by atoms with Gasteiger partial charge in [-0.15, -0.1) is 0 Å². The van der Waals surface area contributed by atoms with Crippen LogP contribution in [0.3, 0.4) is 0 Å². The van der Waals surface area contributed by atoms with Gasteiger partial charge in [0.05, 0.1) is 12.3 Å². The van der Waals surface area contributed by atoms with Gasteiger partial charge in [-0.3, -0.25) is 9.27 Å². The number of hydrogen-bond acceptors (Lipinski definition) is 3. The van der Waals surface area contributed by atoms with Gasteiger partial charge in [0.15, 0.2) is 0 Å². The summed E-state index contributed by atoms with van der Waals surface area (Å²) < 4.78 is 21.7. The Labute approximate surface area is 90.7 Å². The molecule has 15 heavy (non-hydrogen) atoms. The second-order valence-corrected chi connectivity index (χ2v) is 3.74. The minimum Gasteiger partial charge on any atom is -0.392 e. The predicted molar refractivity (Wildman–Crippen MR) is 59.5 cm³/mol. The van der Waals surface area contributed by atoms with Crippen molar-refractivity contribution in [3.8, 4) is 0 Å². The van der Waals surface area contributed by atoms with Crippen LogP contribution in [0.2, 0.25) is 0 Å². The summed E-state index contributed by atoms with van der Waals surface area (Å²) in [6.07, 6.45) is 0.693. The van der Waals surface area contributed by atoms with Crippen LogP contribution in [-0.4, -0.2) is 20.4 Å². The number of benzene rings is 1. The number of hydrogen-bond donors (Lipinski definition) is 4. The van der Waals surface area contributed by atoms with Gasteiger partial charge in [0.2, 0.25) is 0 Å². The fourth-order valence-electron chi connectivity index (χ4n) is 1.27. The highest BCUT2D eigenvalue weighted by Gasteiger charge is 2.04. The molecular formula is C9H14N2O3S. The molecule has 1 aromatic carbocycles. The molecule has 0 aliphatic carbocycles. The fourth-order valence-corrected chi connectivity index (χ4v) is 1.65. The lowest BCUT2D eigenvalue weighted by Gasteiger charge is -2.09. The molecule has 0 aliphatic heterocycles. The van der Waals surface area contributed by atoms with Crippen LogP contribution in [-0.2, 0) is 24.3 Å². The molecule has 1 atom stereocenters. The van der Waals surface area contributed by atoms with E-state index < -0.39 is 11.3 Å². The second-order valence-electron chi connectivity index (χ2n) is 3.04. The zero-order valence-electron chi connectivity index (χ0n) is 8.14. The molecule has 1 unspecified atom stereocenters. The molecule has 0 spiro atoms. The standard InChI is InChI=1S/C9H14N2O3S/c10-4-3-7-1-2-8(6-12)9(5-7)11-15(13)14/h1-2,5,11-12H,3-4,6,10H2,(H,13,14). The van der Waals surface area contributed by atoms with Crippen molar-refractivity contribution in [3.05, 3.63) is 29.3 Å². The topological polar surface area (TPSA) is 95.6 Å². The summed E-state index contributed by atoms with van der Waals surface area (Å²) >= 11 is -2.13. The van der Waals surface area contributed by atoms with Crippen molar-refractivity contribution in [3.63, 3.8) is 0 Å². The molecule has 6 heteroatoms. The first-order valence-electron chi connectivity index (χ1n) is 4.47. The van der Waals surface area contributed by atoms with E-state index in [-0.39, 0.29) is 6.61 Å². The highest BCUT2D eigenvalue weighted by atomic mass is 32.2. The number of rotatable bonds is 5. The Balaban J connectivity index is 2.96. The van der Waals surface area contributed by atoms with Crippen molar-refractivity contribution in [2.45, 2.75) is 13.0 Å². The van der Waals surface area contributed by atoms with E-state index in [1.165, 1.54) is 0 Å². The number of aliphatic hydroxyl groups is 1. The molecule has 1 rings (SSSR count). The van der Waals surface area contributed by atoms with Crippen molar-refractivity contribution in [1.29, 1.82) is 0 Å². The Morgan fingerprint density at radius 3 is 2.73 bits per heavy atom. The van der Waals surface area contributed by atoms with Crippen molar-refractivity contribution < 1.29 is 13.9 Å². The zero-order valence-corrected chi connectivity index (χ0v) is 8.96. The van der Waals surface area contributed by atoms with Crippen LogP contribution in [0.4, 0.5) is 5.69 Å². The molecular weight excluding hydrogens is 216 g/mol. The molecule has 0 saturated heterocycles. The normalized spacial score (nSPS) is 12.5. The van der Waals surface area contributed by atoms with Crippen molar-refractivity contribution in [1.82, 2.24) is 0 Å². The van der Waals surface area contributed by atoms with E-state index in [2.05, 4.69) is 4.72 Å². The summed E-state index contributed by atoms with van der Waals surface area (Å²) in [5.41, 5.74) is 7.41. The molecule has 1 aromatic rings. The van der Waals surface area contributed by atoms with Gasteiger partial charge in [0, 0.05) is 5.56 Å². The van der Waals surface area contributed by atoms with Crippen LogP contribution in [0.1, 0.15) is 11.1 Å². The summed E-state index contributed by atoms with van der Waals surface area (Å²) in [5.74, 6) is 0. The van der Waals surface area contributed by atoms with Gasteiger partial charge >= 0.3 is 0 Å². The van der Waals surface area contributed by atoms with Gasteiger partial charge < -0.3 is 10.8 Å². The molecule has 0 aromatic heterocycles. The van der Waals surface area contributed by atoms with Gasteiger partial charge in [0.1, 0.15) is 0 Å². The molecule has 0 bridgehead atoms. The largest absolute Gasteiger partial charge is 0.392 e. The van der Waals surface area contributed by atoms with Crippen molar-refractivity contribution in [2.75, 3.05) is 11.3 Å². The van der Waals surface area contributed by atoms with E-state index in [1.54, 1.807) is 12.1 Å². The number of aliphatic hydroxyl groups excluding tert-OH is 1. The molecule has 0 heterocycles. The third kappa shape index (κ3) is 3.60. The lowest BCUT2D eigenvalue weighted by molar-refractivity contribution is 0.282. The summed E-state index contributed by atoms with van der Waals surface area (Å²) in [4.78, 5) is 0. The van der Waals surface area contributed by atoms with Crippen molar-refractivity contribution in [2.24, 2.45) is 5.73 Å². The maximum Gasteiger partial charge on any atom is 0.259 e. The van der Waals surface area contributed by atoms with Gasteiger partial charge in [-0.1, -0.05) is 12.1 Å². The van der Waals surface area contributed by atoms with Crippen LogP contribution in [0.25, 0.3) is 0 Å². The minimum atomic E-state index is -2.13. The van der Waals surface area contributed by atoms with E-state index >= 15 is 0 Å². The maximum absolute atomic E-state index is 10.6. The molecule has 5 N–H and O–H groups in total. The molecule has 0 fully saturated rings. The monoisotopic (exact) mass is 230 g/mol. The van der Waals surface area contributed by atoms with Gasteiger partial charge in [-0.2, -0.15) is 0 Å².